The third-order valence-electron chi connectivity index (χ3n) is 5.11. The molecule has 1 aliphatic heterocycles. The van der Waals surface area contributed by atoms with Crippen molar-refractivity contribution in [2.75, 3.05) is 5.32 Å². The van der Waals surface area contributed by atoms with Crippen molar-refractivity contribution < 1.29 is 4.79 Å². The molecule has 0 fully saturated rings. The summed E-state index contributed by atoms with van der Waals surface area (Å²) < 4.78 is 2.24. The number of amides is 1. The highest BCUT2D eigenvalue weighted by molar-refractivity contribution is 6.06. The van der Waals surface area contributed by atoms with Gasteiger partial charge in [0.25, 0.3) is 5.91 Å². The topological polar surface area (TPSA) is 46.9 Å². The van der Waals surface area contributed by atoms with Gasteiger partial charge in [0.2, 0.25) is 0 Å². The zero-order valence-electron chi connectivity index (χ0n) is 15.7. The van der Waals surface area contributed by atoms with Crippen LogP contribution in [0.5, 0.6) is 0 Å². The van der Waals surface area contributed by atoms with Crippen LogP contribution in [0.15, 0.2) is 54.7 Å². The Bertz CT molecular complexity index is 917. The van der Waals surface area contributed by atoms with Gasteiger partial charge in [-0.15, -0.1) is 0 Å². The van der Waals surface area contributed by atoms with Crippen molar-refractivity contribution in [3.05, 3.63) is 71.7 Å². The summed E-state index contributed by atoms with van der Waals surface area (Å²) >= 11 is 0. The van der Waals surface area contributed by atoms with Crippen molar-refractivity contribution in [1.82, 2.24) is 9.55 Å². The van der Waals surface area contributed by atoms with E-state index in [0.29, 0.717) is 5.56 Å². The van der Waals surface area contributed by atoms with Gasteiger partial charge in [0, 0.05) is 30.3 Å². The van der Waals surface area contributed by atoms with Crippen molar-refractivity contribution >= 4 is 11.6 Å². The number of imidazole rings is 1. The number of benzene rings is 2. The van der Waals surface area contributed by atoms with Gasteiger partial charge in [-0.05, 0) is 43.0 Å². The molecule has 0 saturated heterocycles. The molecule has 4 rings (SSSR count). The zero-order chi connectivity index (χ0) is 18.6. The summed E-state index contributed by atoms with van der Waals surface area (Å²) in [6, 6.07) is 15.8. The second kappa shape index (κ2) is 7.78. The Labute approximate surface area is 160 Å². The average molecular weight is 359 g/mol. The standard InChI is InChI=1S/C23H25N3O/c1-2-7-17-11-13-18(14-12-17)23(27)25-20-9-4-3-8-19(20)21-16-26-15-6-5-10-22(26)24-21/h3-4,8-9,11-14,16H,2,5-7,10,15H2,1H3,(H,25,27). The lowest BCUT2D eigenvalue weighted by atomic mass is 10.1. The summed E-state index contributed by atoms with van der Waals surface area (Å²) in [6.45, 7) is 3.19. The molecular formula is C23H25N3O. The minimum absolute atomic E-state index is 0.0885. The molecule has 2 heterocycles. The number of rotatable bonds is 5. The van der Waals surface area contributed by atoms with Crippen molar-refractivity contribution in [3.8, 4) is 11.3 Å². The number of fused-ring (bicyclic) bond motifs is 1. The van der Waals surface area contributed by atoms with Gasteiger partial charge in [0.1, 0.15) is 5.82 Å². The predicted octanol–water partition coefficient (Wildman–Crippen LogP) is 5.09. The molecule has 1 N–H and O–H groups in total. The third-order valence-corrected chi connectivity index (χ3v) is 5.11. The van der Waals surface area contributed by atoms with Gasteiger partial charge in [-0.25, -0.2) is 4.98 Å². The van der Waals surface area contributed by atoms with Gasteiger partial charge in [-0.2, -0.15) is 0 Å². The monoisotopic (exact) mass is 359 g/mol. The van der Waals surface area contributed by atoms with E-state index in [1.54, 1.807) is 0 Å². The number of aromatic nitrogens is 2. The maximum Gasteiger partial charge on any atom is 0.255 e. The Morgan fingerprint density at radius 1 is 1.11 bits per heavy atom. The van der Waals surface area contributed by atoms with E-state index in [2.05, 4.69) is 23.0 Å². The van der Waals surface area contributed by atoms with E-state index >= 15 is 0 Å². The Kier molecular flexibility index (Phi) is 5.05. The first-order chi connectivity index (χ1) is 13.2. The Morgan fingerprint density at radius 3 is 2.70 bits per heavy atom. The number of nitrogens with one attached hydrogen (secondary N) is 1. The molecule has 4 heteroatoms. The normalized spacial score (nSPS) is 13.2. The Hall–Kier alpha value is -2.88. The molecule has 0 saturated carbocycles. The number of anilines is 1. The molecule has 0 spiro atoms. The smallest absolute Gasteiger partial charge is 0.255 e. The summed E-state index contributed by atoms with van der Waals surface area (Å²) in [7, 11) is 0. The molecule has 0 bridgehead atoms. The molecule has 1 amide bonds. The molecule has 138 valence electrons. The molecule has 4 nitrogen and oxygen atoms in total. The van der Waals surface area contributed by atoms with E-state index in [1.165, 1.54) is 18.4 Å². The lowest BCUT2D eigenvalue weighted by molar-refractivity contribution is 0.102. The van der Waals surface area contributed by atoms with Crippen LogP contribution >= 0.6 is 0 Å². The van der Waals surface area contributed by atoms with E-state index in [0.717, 1.165) is 48.6 Å². The molecule has 0 unspecified atom stereocenters. The first kappa shape index (κ1) is 17.5. The molecular weight excluding hydrogens is 334 g/mol. The fourth-order valence-electron chi connectivity index (χ4n) is 3.66. The van der Waals surface area contributed by atoms with Crippen LogP contribution < -0.4 is 5.32 Å². The van der Waals surface area contributed by atoms with Crippen LogP contribution in [-0.4, -0.2) is 15.5 Å². The molecule has 0 radical (unpaired) electrons. The largest absolute Gasteiger partial charge is 0.334 e. The fourth-order valence-corrected chi connectivity index (χ4v) is 3.66. The number of hydrogen-bond donors (Lipinski definition) is 1. The lowest BCUT2D eigenvalue weighted by Crippen LogP contribution is -2.12. The highest BCUT2D eigenvalue weighted by Crippen LogP contribution is 2.29. The Balaban J connectivity index is 1.57. The fraction of sp³-hybridized carbons (Fsp3) is 0.304. The van der Waals surface area contributed by atoms with Crippen molar-refractivity contribution in [3.63, 3.8) is 0 Å². The summed E-state index contributed by atoms with van der Waals surface area (Å²) in [4.78, 5) is 17.5. The second-order valence-corrected chi connectivity index (χ2v) is 7.14. The van der Waals surface area contributed by atoms with Crippen LogP contribution in [0.4, 0.5) is 5.69 Å². The number of carbonyl (C=O) groups excluding carboxylic acids is 1. The van der Waals surface area contributed by atoms with Crippen molar-refractivity contribution in [1.29, 1.82) is 0 Å². The summed E-state index contributed by atoms with van der Waals surface area (Å²) in [6.07, 6.45) is 7.68. The molecule has 0 atom stereocenters. The maximum atomic E-state index is 12.7. The zero-order valence-corrected chi connectivity index (χ0v) is 15.7. The van der Waals surface area contributed by atoms with Crippen molar-refractivity contribution in [2.45, 2.75) is 45.6 Å². The van der Waals surface area contributed by atoms with Gasteiger partial charge >= 0.3 is 0 Å². The molecule has 1 aliphatic rings. The minimum Gasteiger partial charge on any atom is -0.334 e. The van der Waals surface area contributed by atoms with Crippen LogP contribution in [-0.2, 0) is 19.4 Å². The minimum atomic E-state index is -0.0885. The van der Waals surface area contributed by atoms with Gasteiger partial charge < -0.3 is 9.88 Å². The SMILES string of the molecule is CCCc1ccc(C(=O)Nc2ccccc2-c2cn3c(n2)CCCC3)cc1. The van der Waals surface area contributed by atoms with Crippen molar-refractivity contribution in [2.24, 2.45) is 0 Å². The van der Waals surface area contributed by atoms with E-state index in [4.69, 9.17) is 4.98 Å². The highest BCUT2D eigenvalue weighted by atomic mass is 16.1. The summed E-state index contributed by atoms with van der Waals surface area (Å²) in [5.74, 6) is 1.05. The van der Waals surface area contributed by atoms with Crippen LogP contribution in [0.1, 0.15) is 47.9 Å². The maximum absolute atomic E-state index is 12.7. The first-order valence-corrected chi connectivity index (χ1v) is 9.80. The highest BCUT2D eigenvalue weighted by Gasteiger charge is 2.16. The van der Waals surface area contributed by atoms with E-state index in [1.807, 2.05) is 48.5 Å². The summed E-state index contributed by atoms with van der Waals surface area (Å²) in [5.41, 5.74) is 4.64. The quantitative estimate of drug-likeness (QED) is 0.689. The molecule has 27 heavy (non-hydrogen) atoms. The van der Waals surface area contributed by atoms with Gasteiger partial charge in [0.05, 0.1) is 11.4 Å². The van der Waals surface area contributed by atoms with Crippen LogP contribution in [0.2, 0.25) is 0 Å². The van der Waals surface area contributed by atoms with E-state index < -0.39 is 0 Å². The summed E-state index contributed by atoms with van der Waals surface area (Å²) in [5, 5.41) is 3.07. The number of aryl methyl sites for hydroxylation is 3. The first-order valence-electron chi connectivity index (χ1n) is 9.80. The van der Waals surface area contributed by atoms with Crippen LogP contribution in [0.25, 0.3) is 11.3 Å². The average Bonchev–Trinajstić information content (AvgIpc) is 3.13. The number of nitrogens with zero attached hydrogens (tertiary/aromatic N) is 2. The Morgan fingerprint density at radius 2 is 1.93 bits per heavy atom. The van der Waals surface area contributed by atoms with Gasteiger partial charge in [-0.3, -0.25) is 4.79 Å². The molecule has 2 aromatic carbocycles. The van der Waals surface area contributed by atoms with Gasteiger partial charge in [-0.1, -0.05) is 43.7 Å². The number of carbonyl (C=O) groups is 1. The molecule has 0 aliphatic carbocycles. The lowest BCUT2D eigenvalue weighted by Gasteiger charge is -2.11. The number of para-hydroxylation sites is 1. The van der Waals surface area contributed by atoms with Crippen LogP contribution in [0.3, 0.4) is 0 Å². The van der Waals surface area contributed by atoms with Gasteiger partial charge in [0.15, 0.2) is 0 Å². The molecule has 3 aromatic rings. The number of hydrogen-bond acceptors (Lipinski definition) is 2. The second-order valence-electron chi connectivity index (χ2n) is 7.14. The van der Waals surface area contributed by atoms with E-state index in [9.17, 15) is 4.79 Å². The van der Waals surface area contributed by atoms with Crippen LogP contribution in [0, 0.1) is 0 Å². The molecule has 1 aromatic heterocycles. The van der Waals surface area contributed by atoms with E-state index in [-0.39, 0.29) is 5.91 Å². The third kappa shape index (κ3) is 3.80. The predicted molar refractivity (Wildman–Crippen MR) is 109 cm³/mol.